The highest BCUT2D eigenvalue weighted by molar-refractivity contribution is 5.93. The summed E-state index contributed by atoms with van der Waals surface area (Å²) in [5, 5.41) is 10.7. The number of fused-ring (bicyclic) bond motifs is 1. The number of carbonyl (C=O) groups is 1. The van der Waals surface area contributed by atoms with Crippen molar-refractivity contribution in [2.24, 2.45) is 0 Å². The van der Waals surface area contributed by atoms with Crippen molar-refractivity contribution in [3.05, 3.63) is 82.6 Å². The second-order valence-corrected chi connectivity index (χ2v) is 11.5. The number of amides is 1. The maximum atomic E-state index is 15.1. The summed E-state index contributed by atoms with van der Waals surface area (Å²) in [5.74, 6) is 0.100. The van der Waals surface area contributed by atoms with Crippen LogP contribution in [0.15, 0.2) is 54.1 Å². The summed E-state index contributed by atoms with van der Waals surface area (Å²) in [6.07, 6.45) is 6.71. The lowest BCUT2D eigenvalue weighted by atomic mass is 10.0. The molecule has 216 valence electrons. The summed E-state index contributed by atoms with van der Waals surface area (Å²) in [6, 6.07) is 9.80. The van der Waals surface area contributed by atoms with Gasteiger partial charge in [0.05, 0.1) is 33.7 Å². The largest absolute Gasteiger partial charge is 0.355 e. The Labute approximate surface area is 247 Å². The number of nitriles is 1. The van der Waals surface area contributed by atoms with Crippen LogP contribution < -0.4 is 10.6 Å². The molecule has 2 aliphatic carbocycles. The van der Waals surface area contributed by atoms with E-state index in [1.54, 1.807) is 35.5 Å². The number of benzene rings is 1. The molecule has 3 fully saturated rings. The Morgan fingerprint density at radius 1 is 1.09 bits per heavy atom. The lowest BCUT2D eigenvalue weighted by molar-refractivity contribution is -0.126. The van der Waals surface area contributed by atoms with Crippen LogP contribution in [-0.2, 0) is 4.79 Å². The first kappa shape index (κ1) is 26.9. The van der Waals surface area contributed by atoms with Gasteiger partial charge in [-0.2, -0.15) is 10.2 Å². The minimum atomic E-state index is -0.547. The average molecular weight is 577 g/mol. The van der Waals surface area contributed by atoms with Gasteiger partial charge in [-0.1, -0.05) is 18.7 Å². The minimum Gasteiger partial charge on any atom is -0.350 e. The highest BCUT2D eigenvalue weighted by Crippen LogP contribution is 2.47. The van der Waals surface area contributed by atoms with Gasteiger partial charge in [-0.15, -0.1) is 0 Å². The predicted molar refractivity (Wildman–Crippen MR) is 158 cm³/mol. The van der Waals surface area contributed by atoms with Crippen molar-refractivity contribution in [1.29, 1.82) is 5.26 Å². The number of pyridine rings is 1. The molecule has 0 N–H and O–H groups in total. The van der Waals surface area contributed by atoms with E-state index in [-0.39, 0.29) is 46.3 Å². The van der Waals surface area contributed by atoms with E-state index in [9.17, 15) is 14.9 Å². The Hall–Kier alpha value is -4.98. The van der Waals surface area contributed by atoms with Crippen molar-refractivity contribution < 1.29 is 9.18 Å². The van der Waals surface area contributed by atoms with Gasteiger partial charge >= 0.3 is 5.69 Å². The Morgan fingerprint density at radius 3 is 2.40 bits per heavy atom. The van der Waals surface area contributed by atoms with Crippen LogP contribution >= 0.6 is 0 Å². The molecule has 11 heteroatoms. The fourth-order valence-corrected chi connectivity index (χ4v) is 6.04. The molecule has 1 amide bonds. The number of halogens is 1. The predicted octanol–water partition coefficient (Wildman–Crippen LogP) is 4.23. The van der Waals surface area contributed by atoms with Gasteiger partial charge in [0.15, 0.2) is 5.65 Å². The van der Waals surface area contributed by atoms with Crippen molar-refractivity contribution in [3.8, 4) is 23.0 Å². The standard InChI is InChI=1S/C32H29FN8O2/c1-3-25(42)39-12-13-40(18(2)16-39)30-23-14-21(15-34)26(22-6-4-5-7-24(22)33)37-31(23)41(32(43)38-30)29-27(19-8-9-19)35-17-36-28(29)20-10-11-20/h3-7,14,17-20H,1,8-13,16H2,2H3. The number of hydrogen-bond acceptors (Lipinski definition) is 8. The molecule has 1 aromatic carbocycles. The van der Waals surface area contributed by atoms with E-state index in [2.05, 4.69) is 27.6 Å². The number of nitrogens with zero attached hydrogens (tertiary/aromatic N) is 8. The SMILES string of the molecule is C=CC(=O)N1CCN(c2nc(=O)n(-c3c(C4CC4)ncnc3C3CC3)c3nc(-c4ccccc4F)c(C#N)cc23)C(C)C1. The Kier molecular flexibility index (Phi) is 6.49. The zero-order valence-corrected chi connectivity index (χ0v) is 23.7. The van der Waals surface area contributed by atoms with Gasteiger partial charge < -0.3 is 9.80 Å². The molecule has 4 heterocycles. The van der Waals surface area contributed by atoms with Gasteiger partial charge in [-0.05, 0) is 56.9 Å². The highest BCUT2D eigenvalue weighted by atomic mass is 19.1. The Morgan fingerprint density at radius 2 is 1.79 bits per heavy atom. The molecule has 2 saturated carbocycles. The van der Waals surface area contributed by atoms with Crippen molar-refractivity contribution in [2.75, 3.05) is 24.5 Å². The van der Waals surface area contributed by atoms with Crippen LogP contribution in [0.1, 0.15) is 61.4 Å². The summed E-state index contributed by atoms with van der Waals surface area (Å²) in [6.45, 7) is 6.79. The normalized spacial score (nSPS) is 18.5. The van der Waals surface area contributed by atoms with Crippen LogP contribution in [0, 0.1) is 17.1 Å². The molecule has 0 bridgehead atoms. The lowest BCUT2D eigenvalue weighted by Crippen LogP contribution is -2.54. The highest BCUT2D eigenvalue weighted by Gasteiger charge is 2.37. The van der Waals surface area contributed by atoms with Gasteiger partial charge in [0.25, 0.3) is 0 Å². The van der Waals surface area contributed by atoms with Gasteiger partial charge in [0.2, 0.25) is 5.91 Å². The van der Waals surface area contributed by atoms with E-state index in [0.717, 1.165) is 37.1 Å². The first-order chi connectivity index (χ1) is 20.9. The molecular weight excluding hydrogens is 547 g/mol. The van der Waals surface area contributed by atoms with Crippen LogP contribution in [0.2, 0.25) is 0 Å². The monoisotopic (exact) mass is 576 g/mol. The summed E-state index contributed by atoms with van der Waals surface area (Å²) >= 11 is 0. The zero-order chi connectivity index (χ0) is 29.8. The van der Waals surface area contributed by atoms with E-state index in [4.69, 9.17) is 4.98 Å². The van der Waals surface area contributed by atoms with Gasteiger partial charge in [-0.25, -0.2) is 28.7 Å². The minimum absolute atomic E-state index is 0.144. The molecule has 10 nitrogen and oxygen atoms in total. The number of piperazine rings is 1. The third-order valence-electron chi connectivity index (χ3n) is 8.51. The zero-order valence-electron chi connectivity index (χ0n) is 23.7. The quantitative estimate of drug-likeness (QED) is 0.313. The smallest absolute Gasteiger partial charge is 0.350 e. The van der Waals surface area contributed by atoms with Crippen LogP contribution in [0.3, 0.4) is 0 Å². The second kappa shape index (κ2) is 10.4. The van der Waals surface area contributed by atoms with E-state index < -0.39 is 11.5 Å². The van der Waals surface area contributed by atoms with Crippen LogP contribution in [-0.4, -0.2) is 61.0 Å². The molecule has 7 rings (SSSR count). The van der Waals surface area contributed by atoms with E-state index in [1.807, 2.05) is 11.8 Å². The fraction of sp³-hybridized carbons (Fsp3) is 0.344. The van der Waals surface area contributed by atoms with Gasteiger partial charge in [0, 0.05) is 43.1 Å². The molecule has 0 radical (unpaired) electrons. The first-order valence-corrected chi connectivity index (χ1v) is 14.6. The Bertz CT molecular complexity index is 1880. The summed E-state index contributed by atoms with van der Waals surface area (Å²) in [7, 11) is 0. The molecule has 1 atom stereocenters. The lowest BCUT2D eigenvalue weighted by Gasteiger charge is -2.40. The second-order valence-electron chi connectivity index (χ2n) is 11.5. The summed E-state index contributed by atoms with van der Waals surface area (Å²) in [5.41, 5.74) is 2.37. The first-order valence-electron chi connectivity index (χ1n) is 14.6. The van der Waals surface area contributed by atoms with Gasteiger partial charge in [0.1, 0.15) is 24.0 Å². The Balaban J connectivity index is 1.51. The molecule has 1 unspecified atom stereocenters. The number of hydrogen-bond donors (Lipinski definition) is 0. The number of carbonyl (C=O) groups excluding carboxylic acids is 1. The summed E-state index contributed by atoms with van der Waals surface area (Å²) < 4.78 is 16.6. The maximum absolute atomic E-state index is 15.1. The molecular formula is C32H29FN8O2. The number of aromatic nitrogens is 5. The van der Waals surface area contributed by atoms with Crippen molar-refractivity contribution in [1.82, 2.24) is 29.4 Å². The van der Waals surface area contributed by atoms with E-state index in [1.165, 1.54) is 16.7 Å². The molecule has 3 aromatic heterocycles. The number of anilines is 1. The van der Waals surface area contributed by atoms with Crippen molar-refractivity contribution in [3.63, 3.8) is 0 Å². The molecule has 43 heavy (non-hydrogen) atoms. The van der Waals surface area contributed by atoms with E-state index >= 15 is 4.39 Å². The topological polar surface area (TPSA) is 121 Å². The van der Waals surface area contributed by atoms with E-state index in [0.29, 0.717) is 36.5 Å². The molecule has 1 aliphatic heterocycles. The maximum Gasteiger partial charge on any atom is 0.355 e. The molecule has 3 aliphatic rings. The summed E-state index contributed by atoms with van der Waals surface area (Å²) in [4.78, 5) is 49.0. The van der Waals surface area contributed by atoms with Crippen LogP contribution in [0.5, 0.6) is 0 Å². The van der Waals surface area contributed by atoms with Crippen LogP contribution in [0.4, 0.5) is 10.2 Å². The number of rotatable bonds is 6. The van der Waals surface area contributed by atoms with Crippen LogP contribution in [0.25, 0.3) is 28.0 Å². The van der Waals surface area contributed by atoms with Crippen molar-refractivity contribution >= 4 is 22.8 Å². The average Bonchev–Trinajstić information content (AvgIpc) is 3.94. The van der Waals surface area contributed by atoms with Crippen molar-refractivity contribution in [2.45, 2.75) is 50.5 Å². The molecule has 1 saturated heterocycles. The molecule has 0 spiro atoms. The molecule has 4 aromatic rings. The third kappa shape index (κ3) is 4.63. The fourth-order valence-electron chi connectivity index (χ4n) is 6.04. The van der Waals surface area contributed by atoms with Gasteiger partial charge in [-0.3, -0.25) is 4.79 Å². The third-order valence-corrected chi connectivity index (χ3v) is 8.51.